The van der Waals surface area contributed by atoms with Crippen LogP contribution in [0.25, 0.3) is 10.9 Å². The average Bonchev–Trinajstić information content (AvgIpc) is 3.26. The number of anilines is 1. The van der Waals surface area contributed by atoms with E-state index in [2.05, 4.69) is 5.32 Å². The van der Waals surface area contributed by atoms with Crippen LogP contribution in [0.4, 0.5) is 5.69 Å². The molecule has 0 saturated heterocycles. The number of hydrogen-bond donors (Lipinski definition) is 2. The molecule has 160 valence electrons. The van der Waals surface area contributed by atoms with Crippen LogP contribution < -0.4 is 14.8 Å². The number of amides is 1. The summed E-state index contributed by atoms with van der Waals surface area (Å²) in [6.45, 7) is 0.964. The monoisotopic (exact) mass is 412 g/mol. The van der Waals surface area contributed by atoms with Crippen LogP contribution >= 0.6 is 0 Å². The summed E-state index contributed by atoms with van der Waals surface area (Å²) in [4.78, 5) is 13.1. The minimum Gasteiger partial charge on any atom is -0.454 e. The molecule has 30 heavy (non-hydrogen) atoms. The maximum atomic E-state index is 13.1. The summed E-state index contributed by atoms with van der Waals surface area (Å²) in [5.41, 5.74) is 2.21. The van der Waals surface area contributed by atoms with Gasteiger partial charge in [0.2, 0.25) is 12.7 Å². The second kappa shape index (κ2) is 7.34. The van der Waals surface area contributed by atoms with Crippen LogP contribution in [0, 0.1) is 0 Å². The van der Waals surface area contributed by atoms with Crippen molar-refractivity contribution in [2.75, 3.05) is 25.8 Å². The first-order valence-electron chi connectivity index (χ1n) is 10.1. The molecule has 3 aromatic rings. The summed E-state index contributed by atoms with van der Waals surface area (Å²) in [6, 6.07) is 13.5. The molecule has 2 aliphatic rings. The first-order valence-corrected chi connectivity index (χ1v) is 10.1. The van der Waals surface area contributed by atoms with Gasteiger partial charge < -0.3 is 29.2 Å². The van der Waals surface area contributed by atoms with E-state index in [1.807, 2.05) is 53.2 Å². The lowest BCUT2D eigenvalue weighted by Gasteiger charge is -2.17. The van der Waals surface area contributed by atoms with Gasteiger partial charge in [0.1, 0.15) is 0 Å². The maximum Gasteiger partial charge on any atom is 0.235 e. The van der Waals surface area contributed by atoms with Crippen LogP contribution in [0.2, 0.25) is 0 Å². The normalized spacial score (nSPS) is 17.1. The predicted molar refractivity (Wildman–Crippen MR) is 116 cm³/mol. The largest absolute Gasteiger partial charge is 0.454 e. The molecule has 1 aliphatic heterocycles. The van der Waals surface area contributed by atoms with Crippen molar-refractivity contribution in [2.45, 2.75) is 30.9 Å². The fraction of sp³-hybridized carbons (Fsp3) is 0.348. The third kappa shape index (κ3) is 3.30. The molecule has 2 heterocycles. The second-order valence-electron chi connectivity index (χ2n) is 7.96. The number of nitrogens with one attached hydrogen (secondary N) is 1. The molecular formula is C23H28N2O5. The zero-order valence-corrected chi connectivity index (χ0v) is 16.8. The highest BCUT2D eigenvalue weighted by molar-refractivity contribution is 6.02. The number of aliphatic hydroxyl groups excluding tert-OH is 1. The smallest absolute Gasteiger partial charge is 0.235 e. The van der Waals surface area contributed by atoms with Gasteiger partial charge >= 0.3 is 0 Å². The van der Waals surface area contributed by atoms with Crippen LogP contribution in [-0.4, -0.2) is 42.2 Å². The number of nitrogens with zero attached hydrogens (tertiary/aromatic N) is 1. The summed E-state index contributed by atoms with van der Waals surface area (Å²) in [5.74, 6) is 1.42. The minimum absolute atomic E-state index is 0. The van der Waals surface area contributed by atoms with E-state index in [0.717, 1.165) is 40.7 Å². The maximum absolute atomic E-state index is 13.1. The highest BCUT2D eigenvalue weighted by Gasteiger charge is 2.51. The molecule has 2 N–H and O–H groups in total. The van der Waals surface area contributed by atoms with Gasteiger partial charge in [0.15, 0.2) is 11.5 Å². The molecule has 1 aliphatic carbocycles. The average molecular weight is 412 g/mol. The van der Waals surface area contributed by atoms with Crippen molar-refractivity contribution in [1.82, 2.24) is 4.57 Å². The number of carbonyl (C=O) groups is 1. The Kier molecular flexibility index (Phi) is 4.64. The lowest BCUT2D eigenvalue weighted by atomic mass is 9.94. The van der Waals surface area contributed by atoms with Gasteiger partial charge in [-0.2, -0.15) is 0 Å². The van der Waals surface area contributed by atoms with Gasteiger partial charge in [0.25, 0.3) is 0 Å². The molecule has 0 unspecified atom stereocenters. The number of aliphatic hydroxyl groups is 1. The van der Waals surface area contributed by atoms with Crippen molar-refractivity contribution in [3.63, 3.8) is 0 Å². The highest BCUT2D eigenvalue weighted by Crippen LogP contribution is 2.51. The fourth-order valence-electron chi connectivity index (χ4n) is 4.13. The third-order valence-electron chi connectivity index (χ3n) is 5.91. The van der Waals surface area contributed by atoms with Gasteiger partial charge in [-0.15, -0.1) is 0 Å². The first-order chi connectivity index (χ1) is 14.6. The van der Waals surface area contributed by atoms with Crippen LogP contribution in [0.15, 0.2) is 48.7 Å². The Labute approximate surface area is 177 Å². The minimum atomic E-state index is -0.568. The van der Waals surface area contributed by atoms with Gasteiger partial charge in [-0.3, -0.25) is 4.79 Å². The zero-order chi connectivity index (χ0) is 20.7. The third-order valence-corrected chi connectivity index (χ3v) is 5.91. The summed E-state index contributed by atoms with van der Waals surface area (Å²) >= 11 is 0. The topological polar surface area (TPSA) is 82.0 Å². The van der Waals surface area contributed by atoms with Gasteiger partial charge in [-0.05, 0) is 54.8 Å². The zero-order valence-electron chi connectivity index (χ0n) is 16.8. The van der Waals surface area contributed by atoms with E-state index in [1.165, 1.54) is 0 Å². The predicted octanol–water partition coefficient (Wildman–Crippen LogP) is 3.54. The number of rotatable bonds is 7. The van der Waals surface area contributed by atoms with E-state index in [4.69, 9.17) is 14.2 Å². The summed E-state index contributed by atoms with van der Waals surface area (Å²) in [6.07, 6.45) is 2.99. The molecule has 0 radical (unpaired) electrons. The molecule has 1 fully saturated rings. The van der Waals surface area contributed by atoms with E-state index in [-0.39, 0.29) is 22.2 Å². The molecule has 0 bridgehead atoms. The van der Waals surface area contributed by atoms with Gasteiger partial charge in [-0.1, -0.05) is 6.07 Å². The fourth-order valence-corrected chi connectivity index (χ4v) is 4.13. The Hall–Kier alpha value is -3.03. The SMILES string of the molecule is COC[C@H](O)Cn1ccc2cc(NC(=O)C3(c4ccc5c(c4)OCO5)CC3)ccc21.[HH].[HH]. The van der Waals surface area contributed by atoms with E-state index >= 15 is 0 Å². The highest BCUT2D eigenvalue weighted by atomic mass is 16.7. The van der Waals surface area contributed by atoms with E-state index < -0.39 is 11.5 Å². The van der Waals surface area contributed by atoms with Crippen molar-refractivity contribution >= 4 is 22.5 Å². The Balaban J connectivity index is 0.00000144. The number of benzene rings is 2. The van der Waals surface area contributed by atoms with E-state index in [1.54, 1.807) is 7.11 Å². The quantitative estimate of drug-likeness (QED) is 0.620. The molecule has 5 rings (SSSR count). The Morgan fingerprint density at radius 2 is 2.07 bits per heavy atom. The van der Waals surface area contributed by atoms with Crippen molar-refractivity contribution in [2.24, 2.45) is 0 Å². The van der Waals surface area contributed by atoms with Gasteiger partial charge in [-0.25, -0.2) is 0 Å². The van der Waals surface area contributed by atoms with Crippen molar-refractivity contribution < 1.29 is 27.0 Å². The number of carbonyl (C=O) groups excluding carboxylic acids is 1. The lowest BCUT2D eigenvalue weighted by molar-refractivity contribution is -0.118. The van der Waals surface area contributed by atoms with Gasteiger partial charge in [0, 0.05) is 32.8 Å². The number of aromatic nitrogens is 1. The van der Waals surface area contributed by atoms with Crippen LogP contribution in [-0.2, 0) is 21.5 Å². The molecule has 1 saturated carbocycles. The number of ether oxygens (including phenoxy) is 3. The van der Waals surface area contributed by atoms with Crippen molar-refractivity contribution in [3.8, 4) is 11.5 Å². The lowest BCUT2D eigenvalue weighted by Crippen LogP contribution is -2.27. The van der Waals surface area contributed by atoms with Crippen molar-refractivity contribution in [3.05, 3.63) is 54.2 Å². The number of hydrogen-bond acceptors (Lipinski definition) is 5. The summed E-state index contributed by atoms with van der Waals surface area (Å²) in [7, 11) is 1.57. The standard InChI is InChI=1S/C23H24N2O5.2H2/c1-28-13-18(26)12-25-9-6-15-10-17(3-4-19(15)25)24-22(27)23(7-8-23)16-2-5-20-21(11-16)30-14-29-20;;/h2-6,9-11,18,26H,7-8,12-14H2,1H3,(H,24,27);2*1H/t18-;;/m1../s1. The molecule has 7 heteroatoms. The Bertz CT molecular complexity index is 1110. The first kappa shape index (κ1) is 19.0. The van der Waals surface area contributed by atoms with Crippen LogP contribution in [0.1, 0.15) is 21.3 Å². The molecule has 0 spiro atoms. The number of fused-ring (bicyclic) bond motifs is 2. The molecule has 2 aromatic carbocycles. The van der Waals surface area contributed by atoms with Crippen LogP contribution in [0.3, 0.4) is 0 Å². The van der Waals surface area contributed by atoms with E-state index in [9.17, 15) is 9.90 Å². The Morgan fingerprint density at radius 3 is 2.87 bits per heavy atom. The molecular weight excluding hydrogens is 384 g/mol. The molecule has 7 nitrogen and oxygen atoms in total. The van der Waals surface area contributed by atoms with Crippen LogP contribution in [0.5, 0.6) is 11.5 Å². The molecule has 1 amide bonds. The molecule has 1 aromatic heterocycles. The number of methoxy groups -OCH3 is 1. The van der Waals surface area contributed by atoms with E-state index in [0.29, 0.717) is 12.3 Å². The summed E-state index contributed by atoms with van der Waals surface area (Å²) in [5, 5.41) is 14.1. The Morgan fingerprint density at radius 1 is 1.23 bits per heavy atom. The second-order valence-corrected chi connectivity index (χ2v) is 7.96. The van der Waals surface area contributed by atoms with Gasteiger partial charge in [0.05, 0.1) is 24.7 Å². The molecule has 1 atom stereocenters. The van der Waals surface area contributed by atoms with Crippen molar-refractivity contribution in [1.29, 1.82) is 0 Å². The summed E-state index contributed by atoms with van der Waals surface area (Å²) < 4.78 is 17.8.